The van der Waals surface area contributed by atoms with Gasteiger partial charge in [-0.05, 0) is 30.7 Å². The predicted molar refractivity (Wildman–Crippen MR) is 101 cm³/mol. The van der Waals surface area contributed by atoms with Crippen LogP contribution in [0.1, 0.15) is 26.4 Å². The first kappa shape index (κ1) is 16.7. The zero-order valence-electron chi connectivity index (χ0n) is 14.2. The van der Waals surface area contributed by atoms with E-state index in [0.717, 1.165) is 35.6 Å². The monoisotopic (exact) mass is 370 g/mol. The number of non-ortho nitro benzene ring substituents is 1. The topological polar surface area (TPSA) is 87.5 Å². The molecule has 0 bridgehead atoms. The summed E-state index contributed by atoms with van der Waals surface area (Å²) in [5.41, 5.74) is 2.70. The van der Waals surface area contributed by atoms with Crippen molar-refractivity contribution in [1.29, 1.82) is 0 Å². The Balaban J connectivity index is 1.55. The summed E-state index contributed by atoms with van der Waals surface area (Å²) in [6.45, 7) is 1.83. The van der Waals surface area contributed by atoms with Gasteiger partial charge in [-0.2, -0.15) is 0 Å². The average Bonchev–Trinajstić information content (AvgIpc) is 2.97. The number of amides is 1. The molecule has 3 heterocycles. The number of nitrogens with one attached hydrogen (secondary N) is 2. The van der Waals surface area contributed by atoms with E-state index in [-0.39, 0.29) is 17.8 Å². The number of fused-ring (bicyclic) bond motifs is 3. The standard InChI is InChI=1S/C18H18N4O3S/c1-21-8-7-13-14(10-21)26-18-16(13)17(23)19-15(20-18)6-5-11-3-2-4-12(9-11)22(24)25/h2-6,9,15,20H,7-8,10H2,1H3,(H,19,23)/b6-5+. The summed E-state index contributed by atoms with van der Waals surface area (Å²) in [6, 6.07) is 6.40. The highest BCUT2D eigenvalue weighted by molar-refractivity contribution is 7.16. The van der Waals surface area contributed by atoms with Crippen molar-refractivity contribution < 1.29 is 9.72 Å². The maximum absolute atomic E-state index is 12.6. The Kier molecular flexibility index (Phi) is 4.21. The highest BCUT2D eigenvalue weighted by Gasteiger charge is 2.31. The van der Waals surface area contributed by atoms with Crippen LogP contribution in [0.15, 0.2) is 30.3 Å². The van der Waals surface area contributed by atoms with E-state index in [0.29, 0.717) is 5.56 Å². The zero-order valence-corrected chi connectivity index (χ0v) is 15.0. The highest BCUT2D eigenvalue weighted by Crippen LogP contribution is 2.38. The minimum absolute atomic E-state index is 0.0464. The van der Waals surface area contributed by atoms with Gasteiger partial charge in [-0.1, -0.05) is 18.2 Å². The Morgan fingerprint density at radius 2 is 2.23 bits per heavy atom. The van der Waals surface area contributed by atoms with Gasteiger partial charge in [0, 0.05) is 30.1 Å². The van der Waals surface area contributed by atoms with Gasteiger partial charge in [0.2, 0.25) is 0 Å². The molecule has 7 nitrogen and oxygen atoms in total. The minimum Gasteiger partial charge on any atom is -0.353 e. The second kappa shape index (κ2) is 6.54. The normalized spacial score (nSPS) is 19.6. The number of nitro groups is 1. The SMILES string of the molecule is CN1CCc2c(sc3c2C(=O)NC(/C=C/c2cccc([N+](=O)[O-])c2)N3)C1. The minimum atomic E-state index is -0.419. The number of thiophene rings is 1. The van der Waals surface area contributed by atoms with Crippen LogP contribution in [0.4, 0.5) is 10.7 Å². The van der Waals surface area contributed by atoms with Crippen molar-refractivity contribution in [3.8, 4) is 0 Å². The van der Waals surface area contributed by atoms with Crippen LogP contribution in [-0.4, -0.2) is 35.5 Å². The number of anilines is 1. The Morgan fingerprint density at radius 1 is 1.38 bits per heavy atom. The van der Waals surface area contributed by atoms with Gasteiger partial charge in [0.15, 0.2) is 0 Å². The van der Waals surface area contributed by atoms with Gasteiger partial charge in [0.25, 0.3) is 11.6 Å². The molecular formula is C18H18N4O3S. The van der Waals surface area contributed by atoms with Gasteiger partial charge in [-0.15, -0.1) is 11.3 Å². The molecule has 0 fully saturated rings. The molecular weight excluding hydrogens is 352 g/mol. The van der Waals surface area contributed by atoms with E-state index >= 15 is 0 Å². The molecule has 2 aliphatic rings. The van der Waals surface area contributed by atoms with Crippen LogP contribution in [0.3, 0.4) is 0 Å². The van der Waals surface area contributed by atoms with Crippen LogP contribution in [0.25, 0.3) is 6.08 Å². The molecule has 0 aliphatic carbocycles. The number of nitrogens with zero attached hydrogens (tertiary/aromatic N) is 2. The van der Waals surface area contributed by atoms with E-state index in [1.165, 1.54) is 17.0 Å². The molecule has 1 amide bonds. The fourth-order valence-corrected chi connectivity index (χ4v) is 4.67. The molecule has 134 valence electrons. The van der Waals surface area contributed by atoms with E-state index in [1.807, 2.05) is 6.08 Å². The summed E-state index contributed by atoms with van der Waals surface area (Å²) in [5, 5.41) is 18.1. The quantitative estimate of drug-likeness (QED) is 0.641. The van der Waals surface area contributed by atoms with Crippen molar-refractivity contribution in [3.05, 3.63) is 62.0 Å². The number of nitro benzene ring substituents is 1. The van der Waals surface area contributed by atoms with Gasteiger partial charge >= 0.3 is 0 Å². The van der Waals surface area contributed by atoms with Crippen molar-refractivity contribution in [2.24, 2.45) is 0 Å². The lowest BCUT2D eigenvalue weighted by atomic mass is 10.0. The lowest BCUT2D eigenvalue weighted by molar-refractivity contribution is -0.384. The Hall–Kier alpha value is -2.71. The van der Waals surface area contributed by atoms with Crippen molar-refractivity contribution in [2.45, 2.75) is 19.1 Å². The number of benzene rings is 1. The van der Waals surface area contributed by atoms with Crippen molar-refractivity contribution in [3.63, 3.8) is 0 Å². The molecule has 0 radical (unpaired) electrons. The summed E-state index contributed by atoms with van der Waals surface area (Å²) in [7, 11) is 2.08. The van der Waals surface area contributed by atoms with Crippen molar-refractivity contribution in [1.82, 2.24) is 10.2 Å². The van der Waals surface area contributed by atoms with E-state index in [2.05, 4.69) is 22.6 Å². The van der Waals surface area contributed by atoms with Gasteiger partial charge in [0.1, 0.15) is 11.2 Å². The van der Waals surface area contributed by atoms with E-state index < -0.39 is 4.92 Å². The number of carbonyl (C=O) groups excluding carboxylic acids is 1. The summed E-state index contributed by atoms with van der Waals surface area (Å²) in [6.07, 6.45) is 4.13. The number of rotatable bonds is 3. The number of likely N-dealkylation sites (N-methyl/N-ethyl adjacent to an activating group) is 1. The summed E-state index contributed by atoms with van der Waals surface area (Å²) < 4.78 is 0. The fraction of sp³-hybridized carbons (Fsp3) is 0.278. The lowest BCUT2D eigenvalue weighted by Gasteiger charge is -2.25. The largest absolute Gasteiger partial charge is 0.353 e. The smallest absolute Gasteiger partial charge is 0.270 e. The summed E-state index contributed by atoms with van der Waals surface area (Å²) in [4.78, 5) is 26.5. The first-order valence-corrected chi connectivity index (χ1v) is 9.16. The molecule has 0 spiro atoms. The molecule has 1 unspecified atom stereocenters. The third-order valence-electron chi connectivity index (χ3n) is 4.61. The third kappa shape index (κ3) is 3.09. The summed E-state index contributed by atoms with van der Waals surface area (Å²) in [5.74, 6) is -0.0607. The van der Waals surface area contributed by atoms with Crippen molar-refractivity contribution in [2.75, 3.05) is 18.9 Å². The first-order chi connectivity index (χ1) is 12.5. The van der Waals surface area contributed by atoms with Gasteiger partial charge in [-0.3, -0.25) is 14.9 Å². The molecule has 0 saturated heterocycles. The van der Waals surface area contributed by atoms with Crippen LogP contribution in [-0.2, 0) is 13.0 Å². The van der Waals surface area contributed by atoms with E-state index in [1.54, 1.807) is 29.5 Å². The molecule has 2 aliphatic heterocycles. The van der Waals surface area contributed by atoms with Crippen LogP contribution in [0.5, 0.6) is 0 Å². The Morgan fingerprint density at radius 3 is 3.04 bits per heavy atom. The van der Waals surface area contributed by atoms with Crippen molar-refractivity contribution >= 4 is 34.0 Å². The number of hydrogen-bond acceptors (Lipinski definition) is 6. The fourth-order valence-electron chi connectivity index (χ4n) is 3.31. The number of hydrogen-bond donors (Lipinski definition) is 2. The molecule has 26 heavy (non-hydrogen) atoms. The second-order valence-corrected chi connectivity index (χ2v) is 7.61. The zero-order chi connectivity index (χ0) is 18.3. The molecule has 2 aromatic rings. The molecule has 1 atom stereocenters. The summed E-state index contributed by atoms with van der Waals surface area (Å²) >= 11 is 1.64. The lowest BCUT2D eigenvalue weighted by Crippen LogP contribution is -2.43. The molecule has 2 N–H and O–H groups in total. The second-order valence-electron chi connectivity index (χ2n) is 6.50. The predicted octanol–water partition coefficient (Wildman–Crippen LogP) is 2.84. The van der Waals surface area contributed by atoms with E-state index in [9.17, 15) is 14.9 Å². The van der Waals surface area contributed by atoms with Crippen LogP contribution in [0.2, 0.25) is 0 Å². The highest BCUT2D eigenvalue weighted by atomic mass is 32.1. The third-order valence-corrected chi connectivity index (χ3v) is 5.76. The van der Waals surface area contributed by atoms with Gasteiger partial charge in [0.05, 0.1) is 10.5 Å². The van der Waals surface area contributed by atoms with Gasteiger partial charge < -0.3 is 15.5 Å². The maximum atomic E-state index is 12.6. The molecule has 1 aromatic heterocycles. The molecule has 8 heteroatoms. The van der Waals surface area contributed by atoms with Gasteiger partial charge in [-0.25, -0.2) is 0 Å². The Bertz CT molecular complexity index is 921. The molecule has 1 aromatic carbocycles. The first-order valence-electron chi connectivity index (χ1n) is 8.34. The molecule has 4 rings (SSSR count). The van der Waals surface area contributed by atoms with Crippen LogP contribution < -0.4 is 10.6 Å². The van der Waals surface area contributed by atoms with Crippen LogP contribution >= 0.6 is 11.3 Å². The average molecular weight is 370 g/mol. The van der Waals surface area contributed by atoms with Crippen LogP contribution in [0, 0.1) is 10.1 Å². The van der Waals surface area contributed by atoms with E-state index in [4.69, 9.17) is 0 Å². The number of carbonyl (C=O) groups is 1. The maximum Gasteiger partial charge on any atom is 0.270 e. The molecule has 0 saturated carbocycles. The Labute approximate surface area is 154 Å².